The molecule has 0 radical (unpaired) electrons. The predicted molar refractivity (Wildman–Crippen MR) is 200 cm³/mol. The third-order valence-electron chi connectivity index (χ3n) is 10.2. The Morgan fingerprint density at radius 3 is 2.44 bits per heavy atom. The van der Waals surface area contributed by atoms with Crippen LogP contribution < -0.4 is 14.8 Å². The summed E-state index contributed by atoms with van der Waals surface area (Å²) < 4.78 is 62.5. The summed E-state index contributed by atoms with van der Waals surface area (Å²) in [6.45, 7) is 6.64. The standard InChI is InChI=1S/C42H44F3N5O5/c1-42(2,3)55-41(52)49-18-17-35-28(22-49)11-16-34(47-35)27-9-10-29-23-50(48-36(29)19-27)30-12-5-25(6-13-30)21-46-40(51)32-20-33(43)39(38(45)37(32)44)54-24-26-7-14-31(53-4)15-8-26/h7-11,14-16,19-20,23,25,30H,5-6,12-13,17-18,21-22,24H2,1-4H3,(H,46,51). The van der Waals surface area contributed by atoms with Crippen molar-refractivity contribution in [1.29, 1.82) is 0 Å². The minimum absolute atomic E-state index is 0.118. The third kappa shape index (κ3) is 8.55. The molecule has 2 aliphatic rings. The third-order valence-corrected chi connectivity index (χ3v) is 10.2. The molecular weight excluding hydrogens is 711 g/mol. The number of carbonyl (C=O) groups excluding carboxylic acids is 2. The first-order valence-electron chi connectivity index (χ1n) is 18.5. The van der Waals surface area contributed by atoms with Gasteiger partial charge in [-0.15, -0.1) is 0 Å². The van der Waals surface area contributed by atoms with E-state index in [0.29, 0.717) is 36.9 Å². The molecule has 2 amide bonds. The monoisotopic (exact) mass is 755 g/mol. The molecule has 1 aliphatic heterocycles. The zero-order valence-corrected chi connectivity index (χ0v) is 31.3. The van der Waals surface area contributed by atoms with Crippen molar-refractivity contribution in [2.75, 3.05) is 20.2 Å². The maximum Gasteiger partial charge on any atom is 0.410 e. The number of ether oxygens (including phenoxy) is 3. The van der Waals surface area contributed by atoms with Crippen molar-refractivity contribution < 1.29 is 37.0 Å². The number of pyridine rings is 1. The van der Waals surface area contributed by atoms with Gasteiger partial charge in [0.2, 0.25) is 5.82 Å². The van der Waals surface area contributed by atoms with Gasteiger partial charge >= 0.3 is 6.09 Å². The summed E-state index contributed by atoms with van der Waals surface area (Å²) in [5.41, 5.74) is 4.00. The molecule has 1 saturated carbocycles. The van der Waals surface area contributed by atoms with Crippen molar-refractivity contribution in [3.8, 4) is 22.8 Å². The molecule has 0 spiro atoms. The molecule has 1 aliphatic carbocycles. The van der Waals surface area contributed by atoms with Gasteiger partial charge in [-0.05, 0) is 93.8 Å². The van der Waals surface area contributed by atoms with Gasteiger partial charge in [0.15, 0.2) is 17.4 Å². The fraction of sp³-hybridized carbons (Fsp3) is 0.381. The van der Waals surface area contributed by atoms with E-state index in [9.17, 15) is 22.8 Å². The van der Waals surface area contributed by atoms with Crippen molar-refractivity contribution in [2.24, 2.45) is 5.92 Å². The van der Waals surface area contributed by atoms with Gasteiger partial charge in [0.25, 0.3) is 5.91 Å². The quantitative estimate of drug-likeness (QED) is 0.150. The molecule has 13 heteroatoms. The first-order chi connectivity index (χ1) is 26.3. The number of rotatable bonds is 9. The topological polar surface area (TPSA) is 108 Å². The van der Waals surface area contributed by atoms with Gasteiger partial charge in [0, 0.05) is 42.4 Å². The van der Waals surface area contributed by atoms with Crippen LogP contribution in [-0.4, -0.2) is 57.5 Å². The molecule has 1 N–H and O–H groups in total. The van der Waals surface area contributed by atoms with E-state index >= 15 is 0 Å². The highest BCUT2D eigenvalue weighted by atomic mass is 19.2. The molecule has 288 valence electrons. The van der Waals surface area contributed by atoms with Crippen molar-refractivity contribution >= 4 is 22.9 Å². The molecule has 5 aromatic rings. The number of carbonyl (C=O) groups is 2. The fourth-order valence-electron chi connectivity index (χ4n) is 7.14. The molecule has 7 rings (SSSR count). The zero-order chi connectivity index (χ0) is 38.9. The van der Waals surface area contributed by atoms with Gasteiger partial charge in [-0.25, -0.2) is 13.6 Å². The molecule has 3 aromatic carbocycles. The highest BCUT2D eigenvalue weighted by molar-refractivity contribution is 5.94. The van der Waals surface area contributed by atoms with Crippen LogP contribution in [0.3, 0.4) is 0 Å². The van der Waals surface area contributed by atoms with Crippen LogP contribution in [-0.2, 0) is 24.3 Å². The number of nitrogens with one attached hydrogen (secondary N) is 1. The van der Waals surface area contributed by atoms with E-state index in [1.807, 2.05) is 62.0 Å². The number of aromatic nitrogens is 3. The molecule has 0 atom stereocenters. The Balaban J connectivity index is 0.921. The molecule has 0 unspecified atom stereocenters. The van der Waals surface area contributed by atoms with E-state index in [2.05, 4.69) is 5.32 Å². The zero-order valence-electron chi connectivity index (χ0n) is 31.3. The summed E-state index contributed by atoms with van der Waals surface area (Å²) in [6.07, 6.45) is 5.61. The van der Waals surface area contributed by atoms with Gasteiger partial charge in [0.1, 0.15) is 18.0 Å². The van der Waals surface area contributed by atoms with Crippen LogP contribution in [0.5, 0.6) is 11.5 Å². The van der Waals surface area contributed by atoms with Crippen LogP contribution in [0, 0.1) is 23.4 Å². The fourth-order valence-corrected chi connectivity index (χ4v) is 7.14. The van der Waals surface area contributed by atoms with Crippen LogP contribution in [0.1, 0.15) is 79.7 Å². The number of nitrogens with zero attached hydrogens (tertiary/aromatic N) is 4. The number of benzene rings is 3. The summed E-state index contributed by atoms with van der Waals surface area (Å²) in [4.78, 5) is 32.1. The first kappa shape index (κ1) is 37.7. The Morgan fingerprint density at radius 2 is 1.71 bits per heavy atom. The van der Waals surface area contributed by atoms with E-state index in [-0.39, 0.29) is 31.2 Å². The summed E-state index contributed by atoms with van der Waals surface area (Å²) in [6, 6.07) is 17.6. The molecule has 2 aromatic heterocycles. The smallest absolute Gasteiger partial charge is 0.410 e. The second kappa shape index (κ2) is 15.6. The van der Waals surface area contributed by atoms with Crippen molar-refractivity contribution in [1.82, 2.24) is 25.0 Å². The van der Waals surface area contributed by atoms with Gasteiger partial charge in [-0.2, -0.15) is 9.49 Å². The van der Waals surface area contributed by atoms with Crippen LogP contribution >= 0.6 is 0 Å². The molecule has 1 fully saturated rings. The summed E-state index contributed by atoms with van der Waals surface area (Å²) >= 11 is 0. The highest BCUT2D eigenvalue weighted by Gasteiger charge is 2.28. The average molecular weight is 756 g/mol. The molecule has 0 bridgehead atoms. The van der Waals surface area contributed by atoms with Crippen LogP contribution in [0.25, 0.3) is 22.2 Å². The minimum atomic E-state index is -1.55. The molecule has 55 heavy (non-hydrogen) atoms. The number of hydrogen-bond acceptors (Lipinski definition) is 7. The Morgan fingerprint density at radius 1 is 0.945 bits per heavy atom. The van der Waals surface area contributed by atoms with Crippen molar-refractivity contribution in [3.05, 3.63) is 107 Å². The van der Waals surface area contributed by atoms with Crippen LogP contribution in [0.15, 0.2) is 66.9 Å². The number of halogens is 3. The van der Waals surface area contributed by atoms with E-state index in [1.165, 1.54) is 7.11 Å². The Bertz CT molecular complexity index is 2210. The minimum Gasteiger partial charge on any atom is -0.497 e. The second-order valence-electron chi connectivity index (χ2n) is 15.2. The van der Waals surface area contributed by atoms with Gasteiger partial charge in [-0.3, -0.25) is 14.5 Å². The number of methoxy groups -OCH3 is 1. The van der Waals surface area contributed by atoms with Crippen molar-refractivity contribution in [3.63, 3.8) is 0 Å². The van der Waals surface area contributed by atoms with Crippen LogP contribution in [0.2, 0.25) is 0 Å². The maximum absolute atomic E-state index is 14.9. The SMILES string of the molecule is COc1ccc(COc2c(F)cc(C(=O)NCC3CCC(n4cc5ccc(-c6ccc7c(n6)CCN(C(=O)OC(C)(C)C)C7)cc5n4)CC3)c(F)c2F)cc1. The van der Waals surface area contributed by atoms with Gasteiger partial charge in [0.05, 0.1) is 36.5 Å². The predicted octanol–water partition coefficient (Wildman–Crippen LogP) is 8.56. The lowest BCUT2D eigenvalue weighted by Crippen LogP contribution is -2.40. The molecular formula is C42H44F3N5O5. The van der Waals surface area contributed by atoms with Crippen molar-refractivity contribution in [2.45, 2.75) is 77.7 Å². The Kier molecular flexibility index (Phi) is 10.7. The van der Waals surface area contributed by atoms with E-state index in [0.717, 1.165) is 59.1 Å². The lowest BCUT2D eigenvalue weighted by molar-refractivity contribution is 0.0222. The lowest BCUT2D eigenvalue weighted by atomic mass is 9.86. The highest BCUT2D eigenvalue weighted by Crippen LogP contribution is 2.34. The normalized spacial score (nSPS) is 17.1. The van der Waals surface area contributed by atoms with Gasteiger partial charge < -0.3 is 24.4 Å². The number of fused-ring (bicyclic) bond motifs is 2. The van der Waals surface area contributed by atoms with E-state index in [4.69, 9.17) is 24.3 Å². The largest absolute Gasteiger partial charge is 0.497 e. The average Bonchev–Trinajstić information content (AvgIpc) is 3.61. The first-order valence-corrected chi connectivity index (χ1v) is 18.5. The molecule has 3 heterocycles. The summed E-state index contributed by atoms with van der Waals surface area (Å²) in [7, 11) is 1.52. The Hall–Kier alpha value is -5.59. The molecule has 0 saturated heterocycles. The van der Waals surface area contributed by atoms with E-state index in [1.54, 1.807) is 29.2 Å². The summed E-state index contributed by atoms with van der Waals surface area (Å²) in [5, 5.41) is 8.60. The number of hydrogen-bond donors (Lipinski definition) is 1. The second-order valence-corrected chi connectivity index (χ2v) is 15.2. The van der Waals surface area contributed by atoms with Gasteiger partial charge in [-0.1, -0.05) is 30.3 Å². The van der Waals surface area contributed by atoms with Crippen LogP contribution in [0.4, 0.5) is 18.0 Å². The molecule has 10 nitrogen and oxygen atoms in total. The lowest BCUT2D eigenvalue weighted by Gasteiger charge is -2.31. The maximum atomic E-state index is 14.9. The summed E-state index contributed by atoms with van der Waals surface area (Å²) in [5.74, 6) is -5.22. The number of amides is 2. The van der Waals surface area contributed by atoms with E-state index < -0.39 is 40.3 Å². The Labute approximate surface area is 317 Å².